The lowest BCUT2D eigenvalue weighted by molar-refractivity contribution is 0.0696. The Bertz CT molecular complexity index is 554. The number of carbonyl (C=O) groups is 2. The third-order valence-electron chi connectivity index (χ3n) is 3.46. The zero-order chi connectivity index (χ0) is 14.7. The summed E-state index contributed by atoms with van der Waals surface area (Å²) < 4.78 is 0. The molecule has 106 valence electrons. The van der Waals surface area contributed by atoms with Crippen LogP contribution in [0.4, 0.5) is 4.79 Å². The summed E-state index contributed by atoms with van der Waals surface area (Å²) in [4.78, 5) is 24.7. The van der Waals surface area contributed by atoms with Crippen molar-refractivity contribution in [2.24, 2.45) is 0 Å². The summed E-state index contributed by atoms with van der Waals surface area (Å²) >= 11 is 0. The molecule has 0 saturated heterocycles. The molecule has 2 rings (SSSR count). The number of nitrogens with one attached hydrogen (secondary N) is 1. The molecule has 0 fully saturated rings. The summed E-state index contributed by atoms with van der Waals surface area (Å²) in [6, 6.07) is 4.85. The van der Waals surface area contributed by atoms with E-state index < -0.39 is 5.97 Å². The van der Waals surface area contributed by atoms with Gasteiger partial charge in [0.2, 0.25) is 0 Å². The minimum Gasteiger partial charge on any atom is -0.478 e. The van der Waals surface area contributed by atoms with Crippen molar-refractivity contribution in [2.45, 2.75) is 25.9 Å². The molecule has 0 saturated carbocycles. The van der Waals surface area contributed by atoms with Gasteiger partial charge in [0, 0.05) is 19.1 Å². The smallest absolute Gasteiger partial charge is 0.335 e. The predicted octanol–water partition coefficient (Wildman–Crippen LogP) is 2.03. The Hall–Kier alpha value is -2.30. The number of carbonyl (C=O) groups excluding carboxylic acids is 1. The van der Waals surface area contributed by atoms with E-state index in [-0.39, 0.29) is 17.6 Å². The van der Waals surface area contributed by atoms with E-state index in [1.165, 1.54) is 0 Å². The van der Waals surface area contributed by atoms with Crippen molar-refractivity contribution in [1.82, 2.24) is 10.2 Å². The number of fused-ring (bicyclic) bond motifs is 1. The molecule has 0 aromatic heterocycles. The van der Waals surface area contributed by atoms with Crippen molar-refractivity contribution in [3.63, 3.8) is 0 Å². The second-order valence-corrected chi connectivity index (χ2v) is 4.93. The van der Waals surface area contributed by atoms with Crippen LogP contribution in [0.1, 0.15) is 28.4 Å². The molecule has 2 amide bonds. The predicted molar refractivity (Wildman–Crippen MR) is 75.7 cm³/mol. The van der Waals surface area contributed by atoms with E-state index in [2.05, 4.69) is 11.9 Å². The van der Waals surface area contributed by atoms with Gasteiger partial charge in [-0.3, -0.25) is 0 Å². The lowest BCUT2D eigenvalue weighted by Gasteiger charge is -2.30. The summed E-state index contributed by atoms with van der Waals surface area (Å²) in [5.74, 6) is -0.949. The van der Waals surface area contributed by atoms with Gasteiger partial charge in [0.15, 0.2) is 0 Å². The summed E-state index contributed by atoms with van der Waals surface area (Å²) in [7, 11) is 0. The third kappa shape index (κ3) is 2.99. The molecule has 1 aliphatic rings. The van der Waals surface area contributed by atoms with Crippen LogP contribution in [0, 0.1) is 0 Å². The number of amides is 2. The number of carboxylic acid groups (broad SMARTS) is 1. The molecule has 5 nitrogen and oxygen atoms in total. The van der Waals surface area contributed by atoms with E-state index in [0.717, 1.165) is 17.5 Å². The summed E-state index contributed by atoms with van der Waals surface area (Å²) in [5.41, 5.74) is 2.26. The van der Waals surface area contributed by atoms with E-state index in [4.69, 9.17) is 5.11 Å². The topological polar surface area (TPSA) is 69.6 Å². The van der Waals surface area contributed by atoms with E-state index >= 15 is 0 Å². The Labute approximate surface area is 117 Å². The molecule has 1 unspecified atom stereocenters. The molecule has 5 heteroatoms. The van der Waals surface area contributed by atoms with Gasteiger partial charge < -0.3 is 15.3 Å². The average molecular weight is 274 g/mol. The second kappa shape index (κ2) is 5.77. The largest absolute Gasteiger partial charge is 0.478 e. The van der Waals surface area contributed by atoms with Crippen LogP contribution in [0.25, 0.3) is 0 Å². The number of rotatable bonds is 3. The minimum absolute atomic E-state index is 0.0887. The first-order chi connectivity index (χ1) is 9.51. The Morgan fingerprint density at radius 3 is 2.85 bits per heavy atom. The molecule has 2 N–H and O–H groups in total. The van der Waals surface area contributed by atoms with Gasteiger partial charge in [-0.1, -0.05) is 12.1 Å². The van der Waals surface area contributed by atoms with Crippen LogP contribution in [-0.2, 0) is 13.0 Å². The van der Waals surface area contributed by atoms with Crippen LogP contribution in [0.2, 0.25) is 0 Å². The summed E-state index contributed by atoms with van der Waals surface area (Å²) in [5, 5.41) is 11.8. The van der Waals surface area contributed by atoms with Gasteiger partial charge in [0.25, 0.3) is 0 Å². The molecule has 0 bridgehead atoms. The van der Waals surface area contributed by atoms with Crippen LogP contribution in [0.5, 0.6) is 0 Å². The van der Waals surface area contributed by atoms with Gasteiger partial charge in [0.05, 0.1) is 5.56 Å². The highest BCUT2D eigenvalue weighted by molar-refractivity contribution is 5.88. The van der Waals surface area contributed by atoms with Gasteiger partial charge in [-0.05, 0) is 36.6 Å². The van der Waals surface area contributed by atoms with Crippen LogP contribution in [-0.4, -0.2) is 34.6 Å². The van der Waals surface area contributed by atoms with Crippen LogP contribution in [0.3, 0.4) is 0 Å². The number of carboxylic acids is 1. The number of hydrogen-bond donors (Lipinski definition) is 2. The van der Waals surface area contributed by atoms with Crippen molar-refractivity contribution < 1.29 is 14.7 Å². The van der Waals surface area contributed by atoms with E-state index in [1.54, 1.807) is 23.1 Å². The standard InChI is InChI=1S/C15H18N2O3/c1-3-10(2)16-15(20)17-7-6-11-4-5-12(14(18)19)8-13(11)9-17/h3-5,8,10H,1,6-7,9H2,2H3,(H,16,20)(H,18,19). The zero-order valence-electron chi connectivity index (χ0n) is 11.4. The van der Waals surface area contributed by atoms with Crippen LogP contribution >= 0.6 is 0 Å². The lowest BCUT2D eigenvalue weighted by atomic mass is 9.97. The fraction of sp³-hybridized carbons (Fsp3) is 0.333. The Balaban J connectivity index is 2.13. The van der Waals surface area contributed by atoms with Crippen molar-refractivity contribution in [3.8, 4) is 0 Å². The first-order valence-corrected chi connectivity index (χ1v) is 6.54. The monoisotopic (exact) mass is 274 g/mol. The first kappa shape index (κ1) is 14.1. The molecule has 1 atom stereocenters. The molecule has 0 spiro atoms. The van der Waals surface area contributed by atoms with Gasteiger partial charge in [0.1, 0.15) is 0 Å². The maximum absolute atomic E-state index is 12.0. The van der Waals surface area contributed by atoms with Crippen molar-refractivity contribution >= 4 is 12.0 Å². The number of hydrogen-bond acceptors (Lipinski definition) is 2. The maximum atomic E-state index is 12.0. The number of nitrogens with zero attached hydrogens (tertiary/aromatic N) is 1. The molecule has 1 aromatic rings. The van der Waals surface area contributed by atoms with E-state index in [0.29, 0.717) is 13.1 Å². The highest BCUT2D eigenvalue weighted by Gasteiger charge is 2.22. The SMILES string of the molecule is C=CC(C)NC(=O)N1CCc2ccc(C(=O)O)cc2C1. The fourth-order valence-corrected chi connectivity index (χ4v) is 2.21. The summed E-state index contributed by atoms with van der Waals surface area (Å²) in [6.45, 7) is 6.55. The van der Waals surface area contributed by atoms with Crippen molar-refractivity contribution in [3.05, 3.63) is 47.5 Å². The third-order valence-corrected chi connectivity index (χ3v) is 3.46. The fourth-order valence-electron chi connectivity index (χ4n) is 2.21. The van der Waals surface area contributed by atoms with Gasteiger partial charge >= 0.3 is 12.0 Å². The Kier molecular flexibility index (Phi) is 4.08. The molecular formula is C15H18N2O3. The molecule has 1 aliphatic heterocycles. The van der Waals surface area contributed by atoms with Crippen LogP contribution in [0.15, 0.2) is 30.9 Å². The van der Waals surface area contributed by atoms with Crippen LogP contribution < -0.4 is 5.32 Å². The lowest BCUT2D eigenvalue weighted by Crippen LogP contribution is -2.45. The molecule has 1 aromatic carbocycles. The number of benzene rings is 1. The molecule has 20 heavy (non-hydrogen) atoms. The van der Waals surface area contributed by atoms with E-state index in [1.807, 2.05) is 13.0 Å². The highest BCUT2D eigenvalue weighted by atomic mass is 16.4. The number of urea groups is 1. The van der Waals surface area contributed by atoms with Crippen molar-refractivity contribution in [2.75, 3.05) is 6.54 Å². The quantitative estimate of drug-likeness (QED) is 0.829. The molecule has 0 aliphatic carbocycles. The second-order valence-electron chi connectivity index (χ2n) is 4.93. The zero-order valence-corrected chi connectivity index (χ0v) is 11.4. The maximum Gasteiger partial charge on any atom is 0.335 e. The Morgan fingerprint density at radius 2 is 2.20 bits per heavy atom. The molecule has 1 heterocycles. The normalized spacial score (nSPS) is 15.2. The van der Waals surface area contributed by atoms with Gasteiger partial charge in [-0.15, -0.1) is 6.58 Å². The van der Waals surface area contributed by atoms with Gasteiger partial charge in [-0.2, -0.15) is 0 Å². The van der Waals surface area contributed by atoms with Crippen molar-refractivity contribution in [1.29, 1.82) is 0 Å². The van der Waals surface area contributed by atoms with Gasteiger partial charge in [-0.25, -0.2) is 9.59 Å². The first-order valence-electron chi connectivity index (χ1n) is 6.54. The highest BCUT2D eigenvalue weighted by Crippen LogP contribution is 2.20. The summed E-state index contributed by atoms with van der Waals surface area (Å²) in [6.07, 6.45) is 2.41. The average Bonchev–Trinajstić information content (AvgIpc) is 2.45. The Morgan fingerprint density at radius 1 is 1.45 bits per heavy atom. The molecular weight excluding hydrogens is 256 g/mol. The minimum atomic E-state index is -0.949. The molecule has 0 radical (unpaired) electrons. The number of aromatic carboxylic acids is 1. The van der Waals surface area contributed by atoms with E-state index in [9.17, 15) is 9.59 Å².